The Bertz CT molecular complexity index is 797. The van der Waals surface area contributed by atoms with Crippen molar-refractivity contribution >= 4 is 5.91 Å². The highest BCUT2D eigenvalue weighted by molar-refractivity contribution is 5.94. The Morgan fingerprint density at radius 2 is 2.04 bits per heavy atom. The largest absolute Gasteiger partial charge is 0.496 e. The number of nitrogens with zero attached hydrogens (tertiary/aromatic N) is 2. The van der Waals surface area contributed by atoms with Crippen LogP contribution in [-0.4, -0.2) is 35.1 Å². The monoisotopic (exact) mass is 326 g/mol. The fourth-order valence-corrected chi connectivity index (χ4v) is 3.33. The maximum absolute atomic E-state index is 12.8. The highest BCUT2D eigenvalue weighted by Crippen LogP contribution is 2.27. The van der Waals surface area contributed by atoms with Crippen LogP contribution < -0.4 is 10.3 Å². The Hall–Kier alpha value is -2.56. The minimum absolute atomic E-state index is 0.0111. The second-order valence-corrected chi connectivity index (χ2v) is 6.18. The third-order valence-corrected chi connectivity index (χ3v) is 4.62. The summed E-state index contributed by atoms with van der Waals surface area (Å²) in [7, 11) is 3.33. The van der Waals surface area contributed by atoms with Crippen LogP contribution in [0.3, 0.4) is 0 Å². The molecule has 5 heteroatoms. The first-order valence-corrected chi connectivity index (χ1v) is 8.19. The number of hydrogen-bond acceptors (Lipinski definition) is 3. The first-order chi connectivity index (χ1) is 11.6. The maximum atomic E-state index is 12.8. The number of ether oxygens (including phenoxy) is 1. The van der Waals surface area contributed by atoms with E-state index in [0.29, 0.717) is 5.56 Å². The topological polar surface area (TPSA) is 51.5 Å². The number of para-hydroxylation sites is 1. The van der Waals surface area contributed by atoms with Crippen molar-refractivity contribution in [1.29, 1.82) is 0 Å². The highest BCUT2D eigenvalue weighted by atomic mass is 16.5. The molecule has 1 aliphatic rings. The van der Waals surface area contributed by atoms with Gasteiger partial charge in [0.1, 0.15) is 5.75 Å². The van der Waals surface area contributed by atoms with E-state index in [0.717, 1.165) is 37.1 Å². The third kappa shape index (κ3) is 3.20. The first kappa shape index (κ1) is 16.3. The van der Waals surface area contributed by atoms with Gasteiger partial charge < -0.3 is 14.2 Å². The second kappa shape index (κ2) is 6.91. The van der Waals surface area contributed by atoms with Gasteiger partial charge in [-0.2, -0.15) is 0 Å². The number of carbonyl (C=O) groups is 1. The van der Waals surface area contributed by atoms with Crippen molar-refractivity contribution in [3.8, 4) is 5.75 Å². The van der Waals surface area contributed by atoms with Crippen molar-refractivity contribution < 1.29 is 9.53 Å². The molecule has 2 heterocycles. The molecule has 0 spiro atoms. The van der Waals surface area contributed by atoms with Crippen LogP contribution in [0.2, 0.25) is 0 Å². The molecule has 1 atom stereocenters. The van der Waals surface area contributed by atoms with E-state index in [-0.39, 0.29) is 17.5 Å². The average Bonchev–Trinajstić information content (AvgIpc) is 3.05. The molecule has 0 aliphatic carbocycles. The molecule has 3 rings (SSSR count). The molecule has 1 unspecified atom stereocenters. The first-order valence-electron chi connectivity index (χ1n) is 8.19. The van der Waals surface area contributed by atoms with Crippen molar-refractivity contribution in [2.45, 2.75) is 25.3 Å². The van der Waals surface area contributed by atoms with Gasteiger partial charge in [0, 0.05) is 31.9 Å². The molecule has 1 fully saturated rings. The molecule has 5 nitrogen and oxygen atoms in total. The van der Waals surface area contributed by atoms with E-state index >= 15 is 0 Å². The normalized spacial score (nSPS) is 17.1. The number of aryl methyl sites for hydroxylation is 1. The number of carbonyl (C=O) groups excluding carboxylic acids is 1. The molecular weight excluding hydrogens is 304 g/mol. The van der Waals surface area contributed by atoms with E-state index in [1.54, 1.807) is 26.4 Å². The standard InChI is InChI=1S/C19H22N2O3/c1-20-13-15(9-10-18(20)22)19(23)21-11-5-7-16(21)12-14-6-3-4-8-17(14)24-2/h3-4,6,8-10,13,16H,5,7,11-12H2,1-2H3. The summed E-state index contributed by atoms with van der Waals surface area (Å²) in [4.78, 5) is 26.3. The van der Waals surface area contributed by atoms with Gasteiger partial charge in [-0.05, 0) is 37.0 Å². The number of benzene rings is 1. The SMILES string of the molecule is COc1ccccc1CC1CCCN1C(=O)c1ccc(=O)n(C)c1. The lowest BCUT2D eigenvalue weighted by atomic mass is 10.0. The van der Waals surface area contributed by atoms with E-state index in [9.17, 15) is 9.59 Å². The number of rotatable bonds is 4. The van der Waals surface area contributed by atoms with E-state index in [1.807, 2.05) is 29.2 Å². The van der Waals surface area contributed by atoms with Crippen molar-refractivity contribution in [3.63, 3.8) is 0 Å². The molecule has 1 aromatic carbocycles. The summed E-state index contributed by atoms with van der Waals surface area (Å²) in [5.41, 5.74) is 1.56. The maximum Gasteiger partial charge on any atom is 0.255 e. The zero-order valence-corrected chi connectivity index (χ0v) is 14.1. The van der Waals surface area contributed by atoms with Gasteiger partial charge in [0.25, 0.3) is 5.91 Å². The van der Waals surface area contributed by atoms with E-state index in [2.05, 4.69) is 0 Å². The molecule has 126 valence electrons. The minimum atomic E-state index is -0.112. The van der Waals surface area contributed by atoms with Gasteiger partial charge in [-0.15, -0.1) is 0 Å². The number of methoxy groups -OCH3 is 1. The van der Waals surface area contributed by atoms with Gasteiger partial charge in [0.05, 0.1) is 12.7 Å². The number of pyridine rings is 1. The third-order valence-electron chi connectivity index (χ3n) is 4.62. The molecule has 0 radical (unpaired) electrons. The van der Waals surface area contributed by atoms with Crippen LogP contribution in [0.1, 0.15) is 28.8 Å². The van der Waals surface area contributed by atoms with Crippen LogP contribution in [0.4, 0.5) is 0 Å². The summed E-state index contributed by atoms with van der Waals surface area (Å²) in [6.45, 7) is 0.751. The van der Waals surface area contributed by atoms with Gasteiger partial charge in [0.15, 0.2) is 0 Å². The molecule has 2 aromatic rings. The summed E-state index contributed by atoms with van der Waals surface area (Å²) >= 11 is 0. The number of hydrogen-bond donors (Lipinski definition) is 0. The van der Waals surface area contributed by atoms with Crippen molar-refractivity contribution in [1.82, 2.24) is 9.47 Å². The van der Waals surface area contributed by atoms with Crippen LogP contribution in [0.15, 0.2) is 47.4 Å². The van der Waals surface area contributed by atoms with E-state index in [4.69, 9.17) is 4.74 Å². The lowest BCUT2D eigenvalue weighted by Gasteiger charge is -2.25. The van der Waals surface area contributed by atoms with Gasteiger partial charge >= 0.3 is 0 Å². The summed E-state index contributed by atoms with van der Waals surface area (Å²) < 4.78 is 6.87. The number of aromatic nitrogens is 1. The fraction of sp³-hybridized carbons (Fsp3) is 0.368. The smallest absolute Gasteiger partial charge is 0.255 e. The summed E-state index contributed by atoms with van der Waals surface area (Å²) in [6.07, 6.45) is 4.37. The summed E-state index contributed by atoms with van der Waals surface area (Å²) in [5, 5.41) is 0. The number of likely N-dealkylation sites (tertiary alicyclic amines) is 1. The lowest BCUT2D eigenvalue weighted by Crippen LogP contribution is -2.37. The van der Waals surface area contributed by atoms with Gasteiger partial charge in [0.2, 0.25) is 5.56 Å². The minimum Gasteiger partial charge on any atom is -0.496 e. The van der Waals surface area contributed by atoms with Crippen LogP contribution in [0.25, 0.3) is 0 Å². The van der Waals surface area contributed by atoms with Gasteiger partial charge in [-0.1, -0.05) is 18.2 Å². The van der Waals surface area contributed by atoms with Crippen LogP contribution in [-0.2, 0) is 13.5 Å². The van der Waals surface area contributed by atoms with Crippen molar-refractivity contribution in [2.24, 2.45) is 7.05 Å². The van der Waals surface area contributed by atoms with E-state index < -0.39 is 0 Å². The highest BCUT2D eigenvalue weighted by Gasteiger charge is 2.30. The predicted octanol–water partition coefficient (Wildman–Crippen LogP) is 2.24. The number of amides is 1. The average molecular weight is 326 g/mol. The second-order valence-electron chi connectivity index (χ2n) is 6.18. The lowest BCUT2D eigenvalue weighted by molar-refractivity contribution is 0.0735. The Morgan fingerprint density at radius 3 is 2.79 bits per heavy atom. The molecule has 1 aromatic heterocycles. The van der Waals surface area contributed by atoms with Crippen molar-refractivity contribution in [2.75, 3.05) is 13.7 Å². The Morgan fingerprint density at radius 1 is 1.25 bits per heavy atom. The molecule has 0 bridgehead atoms. The predicted molar refractivity (Wildman–Crippen MR) is 92.4 cm³/mol. The zero-order valence-electron chi connectivity index (χ0n) is 14.1. The Balaban J connectivity index is 1.81. The van der Waals surface area contributed by atoms with Crippen LogP contribution in [0.5, 0.6) is 5.75 Å². The molecule has 0 N–H and O–H groups in total. The fourth-order valence-electron chi connectivity index (χ4n) is 3.33. The Kier molecular flexibility index (Phi) is 4.69. The molecular formula is C19H22N2O3. The molecule has 1 amide bonds. The molecule has 1 saturated heterocycles. The van der Waals surface area contributed by atoms with E-state index in [1.165, 1.54) is 10.6 Å². The molecule has 24 heavy (non-hydrogen) atoms. The molecule has 1 aliphatic heterocycles. The molecule has 0 saturated carbocycles. The van der Waals surface area contributed by atoms with Crippen LogP contribution >= 0.6 is 0 Å². The van der Waals surface area contributed by atoms with Gasteiger partial charge in [-0.3, -0.25) is 9.59 Å². The summed E-state index contributed by atoms with van der Waals surface area (Å²) in [6, 6.07) is 11.2. The quantitative estimate of drug-likeness (QED) is 0.866. The Labute approximate surface area is 141 Å². The summed E-state index contributed by atoms with van der Waals surface area (Å²) in [5.74, 6) is 0.849. The van der Waals surface area contributed by atoms with Crippen LogP contribution in [0, 0.1) is 0 Å². The van der Waals surface area contributed by atoms with Crippen molar-refractivity contribution in [3.05, 3.63) is 64.1 Å². The van der Waals surface area contributed by atoms with Gasteiger partial charge in [-0.25, -0.2) is 0 Å². The zero-order chi connectivity index (χ0) is 17.1.